The Kier molecular flexibility index (Phi) is 2.33. The topological polar surface area (TPSA) is 52.8 Å². The number of aromatic hydroxyl groups is 1. The van der Waals surface area contributed by atoms with Crippen LogP contribution in [-0.4, -0.2) is 16.5 Å². The van der Waals surface area contributed by atoms with Crippen LogP contribution in [0.1, 0.15) is 5.56 Å². The molecular weight excluding hydrogens is 166 g/mol. The van der Waals surface area contributed by atoms with Gasteiger partial charge in [0, 0.05) is 10.6 Å². The molecule has 0 saturated carbocycles. The van der Waals surface area contributed by atoms with Crippen LogP contribution in [0.5, 0.6) is 5.75 Å². The summed E-state index contributed by atoms with van der Waals surface area (Å²) in [5.41, 5.74) is 0.428. The predicted molar refractivity (Wildman–Crippen MR) is 42.5 cm³/mol. The summed E-state index contributed by atoms with van der Waals surface area (Å²) in [7, 11) is 0. The molecule has 0 aliphatic carbocycles. The highest BCUT2D eigenvalue weighted by Gasteiger charge is 1.97. The van der Waals surface area contributed by atoms with E-state index in [1.165, 1.54) is 6.07 Å². The number of oxime groups is 1. The van der Waals surface area contributed by atoms with Crippen LogP contribution in [0.2, 0.25) is 5.02 Å². The molecule has 58 valence electrons. The van der Waals surface area contributed by atoms with Crippen molar-refractivity contribution in [3.63, 3.8) is 0 Å². The molecule has 0 aromatic heterocycles. The number of rotatable bonds is 1. The van der Waals surface area contributed by atoms with Gasteiger partial charge in [-0.05, 0) is 18.2 Å². The first-order valence-electron chi connectivity index (χ1n) is 2.90. The van der Waals surface area contributed by atoms with Gasteiger partial charge in [0.15, 0.2) is 0 Å². The summed E-state index contributed by atoms with van der Waals surface area (Å²) in [6.45, 7) is 0. The molecule has 0 heterocycles. The van der Waals surface area contributed by atoms with E-state index in [0.29, 0.717) is 10.6 Å². The summed E-state index contributed by atoms with van der Waals surface area (Å²) < 4.78 is 0. The molecule has 0 aliphatic rings. The Balaban J connectivity index is 3.09. The zero-order valence-corrected chi connectivity index (χ0v) is 6.28. The monoisotopic (exact) mass is 171 g/mol. The summed E-state index contributed by atoms with van der Waals surface area (Å²) >= 11 is 5.55. The Morgan fingerprint density at radius 3 is 2.73 bits per heavy atom. The van der Waals surface area contributed by atoms with Crippen molar-refractivity contribution in [2.24, 2.45) is 5.16 Å². The molecule has 3 nitrogen and oxygen atoms in total. The molecule has 0 unspecified atom stereocenters. The van der Waals surface area contributed by atoms with Crippen molar-refractivity contribution in [3.05, 3.63) is 28.8 Å². The highest BCUT2D eigenvalue weighted by molar-refractivity contribution is 6.30. The predicted octanol–water partition coefficient (Wildman–Crippen LogP) is 1.85. The summed E-state index contributed by atoms with van der Waals surface area (Å²) in [4.78, 5) is 0. The van der Waals surface area contributed by atoms with Gasteiger partial charge in [-0.25, -0.2) is 0 Å². The molecule has 0 saturated heterocycles. The molecule has 0 atom stereocenters. The summed E-state index contributed by atoms with van der Waals surface area (Å²) in [5, 5.41) is 20.5. The molecule has 11 heavy (non-hydrogen) atoms. The maximum absolute atomic E-state index is 9.14. The molecule has 1 aromatic carbocycles. The van der Waals surface area contributed by atoms with Crippen molar-refractivity contribution in [2.75, 3.05) is 0 Å². The summed E-state index contributed by atoms with van der Waals surface area (Å²) in [6.07, 6.45) is 1.13. The van der Waals surface area contributed by atoms with Crippen LogP contribution in [-0.2, 0) is 0 Å². The Bertz CT molecular complexity index is 286. The SMILES string of the molecule is O/N=C/c1ccc(Cl)cc1O. The van der Waals surface area contributed by atoms with E-state index in [0.717, 1.165) is 6.21 Å². The molecule has 0 spiro atoms. The van der Waals surface area contributed by atoms with E-state index in [4.69, 9.17) is 21.9 Å². The third-order valence-corrected chi connectivity index (χ3v) is 1.42. The maximum atomic E-state index is 9.14. The Labute approximate surface area is 68.5 Å². The quantitative estimate of drug-likeness (QED) is 0.385. The lowest BCUT2D eigenvalue weighted by Crippen LogP contribution is -1.81. The first kappa shape index (κ1) is 7.88. The molecule has 0 amide bonds. The molecule has 0 fully saturated rings. The molecule has 4 heteroatoms. The molecule has 0 aliphatic heterocycles. The highest BCUT2D eigenvalue weighted by atomic mass is 35.5. The fourth-order valence-corrected chi connectivity index (χ4v) is 0.855. The van der Waals surface area contributed by atoms with Crippen LogP contribution in [0.25, 0.3) is 0 Å². The van der Waals surface area contributed by atoms with Crippen molar-refractivity contribution in [1.82, 2.24) is 0 Å². The zero-order valence-electron chi connectivity index (χ0n) is 5.53. The molecule has 1 rings (SSSR count). The van der Waals surface area contributed by atoms with Crippen LogP contribution in [0.3, 0.4) is 0 Å². The fourth-order valence-electron chi connectivity index (χ4n) is 0.688. The maximum Gasteiger partial charge on any atom is 0.125 e. The molecule has 0 radical (unpaired) electrons. The highest BCUT2D eigenvalue weighted by Crippen LogP contribution is 2.19. The minimum Gasteiger partial charge on any atom is -0.507 e. The second-order valence-corrected chi connectivity index (χ2v) is 2.38. The van der Waals surface area contributed by atoms with Gasteiger partial charge >= 0.3 is 0 Å². The van der Waals surface area contributed by atoms with Crippen molar-refractivity contribution >= 4 is 17.8 Å². The zero-order chi connectivity index (χ0) is 8.27. The van der Waals surface area contributed by atoms with Crippen LogP contribution in [0.4, 0.5) is 0 Å². The smallest absolute Gasteiger partial charge is 0.125 e. The lowest BCUT2D eigenvalue weighted by molar-refractivity contribution is 0.321. The van der Waals surface area contributed by atoms with E-state index in [-0.39, 0.29) is 5.75 Å². The van der Waals surface area contributed by atoms with Gasteiger partial charge in [0.2, 0.25) is 0 Å². The first-order chi connectivity index (χ1) is 5.24. The van der Waals surface area contributed by atoms with Crippen LogP contribution < -0.4 is 0 Å². The van der Waals surface area contributed by atoms with Crippen molar-refractivity contribution in [3.8, 4) is 5.75 Å². The van der Waals surface area contributed by atoms with Gasteiger partial charge in [0.1, 0.15) is 5.75 Å². The van der Waals surface area contributed by atoms with Gasteiger partial charge in [0.05, 0.1) is 6.21 Å². The van der Waals surface area contributed by atoms with E-state index < -0.39 is 0 Å². The summed E-state index contributed by atoms with van der Waals surface area (Å²) in [5.74, 6) is -0.00435. The van der Waals surface area contributed by atoms with Crippen LogP contribution >= 0.6 is 11.6 Å². The van der Waals surface area contributed by atoms with Crippen molar-refractivity contribution in [1.29, 1.82) is 0 Å². The normalized spacial score (nSPS) is 10.6. The number of phenols is 1. The third kappa shape index (κ3) is 1.85. The van der Waals surface area contributed by atoms with Gasteiger partial charge in [-0.2, -0.15) is 0 Å². The number of phenolic OH excluding ortho intramolecular Hbond substituents is 1. The number of halogens is 1. The van der Waals surface area contributed by atoms with E-state index in [1.807, 2.05) is 0 Å². The Morgan fingerprint density at radius 2 is 2.18 bits per heavy atom. The largest absolute Gasteiger partial charge is 0.507 e. The standard InChI is InChI=1S/C7H6ClNO2/c8-6-2-1-5(4-9-11)7(10)3-6/h1-4,10-11H/b9-4+. The van der Waals surface area contributed by atoms with Gasteiger partial charge in [0.25, 0.3) is 0 Å². The van der Waals surface area contributed by atoms with Gasteiger partial charge in [-0.15, -0.1) is 0 Å². The fraction of sp³-hybridized carbons (Fsp3) is 0. The van der Waals surface area contributed by atoms with Crippen molar-refractivity contribution < 1.29 is 10.3 Å². The van der Waals surface area contributed by atoms with E-state index >= 15 is 0 Å². The average molecular weight is 172 g/mol. The molecule has 2 N–H and O–H groups in total. The Hall–Kier alpha value is -1.22. The third-order valence-electron chi connectivity index (χ3n) is 1.19. The number of hydrogen-bond acceptors (Lipinski definition) is 3. The first-order valence-corrected chi connectivity index (χ1v) is 3.28. The molecule has 0 bridgehead atoms. The molecule has 1 aromatic rings. The van der Waals surface area contributed by atoms with E-state index in [2.05, 4.69) is 5.16 Å². The van der Waals surface area contributed by atoms with Gasteiger partial charge in [-0.1, -0.05) is 16.8 Å². The minimum atomic E-state index is -0.00435. The second kappa shape index (κ2) is 3.25. The number of nitrogens with zero attached hydrogens (tertiary/aromatic N) is 1. The number of benzene rings is 1. The average Bonchev–Trinajstić information content (AvgIpc) is 1.95. The van der Waals surface area contributed by atoms with Crippen LogP contribution in [0, 0.1) is 0 Å². The van der Waals surface area contributed by atoms with E-state index in [9.17, 15) is 0 Å². The lowest BCUT2D eigenvalue weighted by Gasteiger charge is -1.96. The molecular formula is C7H6ClNO2. The lowest BCUT2D eigenvalue weighted by atomic mass is 10.2. The second-order valence-electron chi connectivity index (χ2n) is 1.95. The van der Waals surface area contributed by atoms with Gasteiger partial charge < -0.3 is 10.3 Å². The number of hydrogen-bond donors (Lipinski definition) is 2. The summed E-state index contributed by atoms with van der Waals surface area (Å²) in [6, 6.07) is 4.52. The minimum absolute atomic E-state index is 0.00435. The van der Waals surface area contributed by atoms with Crippen molar-refractivity contribution in [2.45, 2.75) is 0 Å². The van der Waals surface area contributed by atoms with E-state index in [1.54, 1.807) is 12.1 Å². The Morgan fingerprint density at radius 1 is 1.45 bits per heavy atom. The van der Waals surface area contributed by atoms with Crippen LogP contribution in [0.15, 0.2) is 23.4 Å². The van der Waals surface area contributed by atoms with Gasteiger partial charge in [-0.3, -0.25) is 0 Å².